The first-order valence-electron chi connectivity index (χ1n) is 6.81. The second kappa shape index (κ2) is 6.55. The minimum atomic E-state index is -0.538. The van der Waals surface area contributed by atoms with Gasteiger partial charge in [0.25, 0.3) is 11.6 Å². The van der Waals surface area contributed by atoms with Gasteiger partial charge in [-0.2, -0.15) is 0 Å². The summed E-state index contributed by atoms with van der Waals surface area (Å²) in [5.74, 6) is -0.838. The lowest BCUT2D eigenvalue weighted by Gasteiger charge is -2.01. The molecule has 0 saturated heterocycles. The highest BCUT2D eigenvalue weighted by atomic mass is 32.1. The number of nitro benzene ring substituents is 1. The molecule has 1 amide bonds. The standard InChI is InChI=1S/C16H10FN3O3S/c17-13-4-2-1-3-12(13)14-9-24-16(18-14)19-15(21)10-5-7-11(8-6-10)20(22)23/h1-9H,(H,18,19,21). The molecule has 8 heteroatoms. The first kappa shape index (κ1) is 15.8. The van der Waals surface area contributed by atoms with E-state index in [9.17, 15) is 19.3 Å². The number of hydrogen-bond acceptors (Lipinski definition) is 5. The molecule has 3 aromatic rings. The van der Waals surface area contributed by atoms with Crippen molar-refractivity contribution in [2.45, 2.75) is 0 Å². The number of nitrogens with zero attached hydrogens (tertiary/aromatic N) is 2. The molecule has 1 aromatic heterocycles. The van der Waals surface area contributed by atoms with E-state index in [1.54, 1.807) is 23.6 Å². The SMILES string of the molecule is O=C(Nc1nc(-c2ccccc2F)cs1)c1ccc([N+](=O)[O-])cc1. The molecule has 0 aliphatic heterocycles. The van der Waals surface area contributed by atoms with E-state index < -0.39 is 16.6 Å². The zero-order valence-corrected chi connectivity index (χ0v) is 12.9. The van der Waals surface area contributed by atoms with Crippen molar-refractivity contribution in [1.29, 1.82) is 0 Å². The smallest absolute Gasteiger partial charge is 0.269 e. The number of rotatable bonds is 4. The summed E-state index contributed by atoms with van der Waals surface area (Å²) in [6, 6.07) is 11.5. The van der Waals surface area contributed by atoms with Crippen LogP contribution in [0.25, 0.3) is 11.3 Å². The summed E-state index contributed by atoms with van der Waals surface area (Å²) in [5.41, 5.74) is 0.951. The number of aromatic nitrogens is 1. The molecule has 0 bridgehead atoms. The molecular weight excluding hydrogens is 333 g/mol. The Kier molecular flexibility index (Phi) is 4.30. The van der Waals surface area contributed by atoms with E-state index in [0.29, 0.717) is 16.4 Å². The summed E-state index contributed by atoms with van der Waals surface area (Å²) < 4.78 is 13.7. The third-order valence-electron chi connectivity index (χ3n) is 3.21. The van der Waals surface area contributed by atoms with Crippen molar-refractivity contribution in [3.8, 4) is 11.3 Å². The summed E-state index contributed by atoms with van der Waals surface area (Å²) in [6.07, 6.45) is 0. The molecule has 0 radical (unpaired) electrons. The Labute approximate surface area is 139 Å². The molecule has 1 heterocycles. The number of nitro groups is 1. The van der Waals surface area contributed by atoms with Crippen LogP contribution in [-0.2, 0) is 0 Å². The van der Waals surface area contributed by atoms with Crippen molar-refractivity contribution in [3.63, 3.8) is 0 Å². The predicted molar refractivity (Wildman–Crippen MR) is 88.6 cm³/mol. The molecule has 6 nitrogen and oxygen atoms in total. The Bertz CT molecular complexity index is 909. The van der Waals surface area contributed by atoms with Gasteiger partial charge in [-0.15, -0.1) is 11.3 Å². The average molecular weight is 343 g/mol. The third kappa shape index (κ3) is 3.28. The quantitative estimate of drug-likeness (QED) is 0.570. The number of amides is 1. The van der Waals surface area contributed by atoms with Gasteiger partial charge in [0.1, 0.15) is 5.82 Å². The van der Waals surface area contributed by atoms with Gasteiger partial charge >= 0.3 is 0 Å². The van der Waals surface area contributed by atoms with Crippen LogP contribution in [0.1, 0.15) is 10.4 Å². The van der Waals surface area contributed by atoms with Gasteiger partial charge in [-0.25, -0.2) is 9.37 Å². The number of anilines is 1. The van der Waals surface area contributed by atoms with E-state index in [4.69, 9.17) is 0 Å². The predicted octanol–water partition coefficient (Wildman–Crippen LogP) is 4.11. The normalized spacial score (nSPS) is 10.4. The zero-order valence-electron chi connectivity index (χ0n) is 12.1. The molecule has 0 aliphatic carbocycles. The van der Waals surface area contributed by atoms with E-state index >= 15 is 0 Å². The van der Waals surface area contributed by atoms with Crippen LogP contribution in [-0.4, -0.2) is 15.8 Å². The molecular formula is C16H10FN3O3S. The minimum absolute atomic E-state index is 0.0948. The lowest BCUT2D eigenvalue weighted by Crippen LogP contribution is -2.11. The minimum Gasteiger partial charge on any atom is -0.298 e. The van der Waals surface area contributed by atoms with E-state index in [0.717, 1.165) is 0 Å². The topological polar surface area (TPSA) is 85.1 Å². The van der Waals surface area contributed by atoms with Crippen molar-refractivity contribution in [2.24, 2.45) is 0 Å². The number of non-ortho nitro benzene ring substituents is 1. The lowest BCUT2D eigenvalue weighted by molar-refractivity contribution is -0.384. The average Bonchev–Trinajstić information content (AvgIpc) is 3.03. The zero-order chi connectivity index (χ0) is 17.1. The van der Waals surface area contributed by atoms with E-state index in [2.05, 4.69) is 10.3 Å². The number of carbonyl (C=O) groups excluding carboxylic acids is 1. The molecule has 0 aliphatic rings. The molecule has 3 rings (SSSR count). The Morgan fingerprint density at radius 3 is 2.54 bits per heavy atom. The van der Waals surface area contributed by atoms with Crippen LogP contribution in [0, 0.1) is 15.9 Å². The largest absolute Gasteiger partial charge is 0.298 e. The molecule has 0 unspecified atom stereocenters. The highest BCUT2D eigenvalue weighted by molar-refractivity contribution is 7.14. The third-order valence-corrected chi connectivity index (χ3v) is 3.97. The van der Waals surface area contributed by atoms with Gasteiger partial charge in [-0.05, 0) is 24.3 Å². The van der Waals surface area contributed by atoms with Gasteiger partial charge in [0, 0.05) is 28.6 Å². The number of halogens is 1. The Morgan fingerprint density at radius 1 is 1.17 bits per heavy atom. The lowest BCUT2D eigenvalue weighted by atomic mass is 10.2. The van der Waals surface area contributed by atoms with Gasteiger partial charge < -0.3 is 0 Å². The van der Waals surface area contributed by atoms with Crippen molar-refractivity contribution in [3.05, 3.63) is 75.4 Å². The van der Waals surface area contributed by atoms with Crippen LogP contribution in [0.4, 0.5) is 15.2 Å². The van der Waals surface area contributed by atoms with Gasteiger partial charge in [-0.1, -0.05) is 12.1 Å². The van der Waals surface area contributed by atoms with Crippen LogP contribution in [0.15, 0.2) is 53.9 Å². The molecule has 0 atom stereocenters. The van der Waals surface area contributed by atoms with Crippen LogP contribution in [0.2, 0.25) is 0 Å². The highest BCUT2D eigenvalue weighted by Gasteiger charge is 2.13. The van der Waals surface area contributed by atoms with Gasteiger partial charge in [0.05, 0.1) is 10.6 Å². The summed E-state index contributed by atoms with van der Waals surface area (Å²) in [4.78, 5) is 26.4. The summed E-state index contributed by atoms with van der Waals surface area (Å²) >= 11 is 1.17. The fourth-order valence-corrected chi connectivity index (χ4v) is 2.73. The van der Waals surface area contributed by atoms with Gasteiger partial charge in [0.2, 0.25) is 0 Å². The van der Waals surface area contributed by atoms with Crippen LogP contribution in [0.3, 0.4) is 0 Å². The molecule has 2 aromatic carbocycles. The second-order valence-electron chi connectivity index (χ2n) is 4.78. The maximum absolute atomic E-state index is 13.7. The fourth-order valence-electron chi connectivity index (χ4n) is 2.03. The summed E-state index contributed by atoms with van der Waals surface area (Å²) in [5, 5.41) is 15.2. The fraction of sp³-hybridized carbons (Fsp3) is 0. The summed E-state index contributed by atoms with van der Waals surface area (Å²) in [6.45, 7) is 0. The summed E-state index contributed by atoms with van der Waals surface area (Å²) in [7, 11) is 0. The first-order valence-corrected chi connectivity index (χ1v) is 7.69. The first-order chi connectivity index (χ1) is 11.5. The van der Waals surface area contributed by atoms with Crippen molar-refractivity contribution < 1.29 is 14.1 Å². The molecule has 120 valence electrons. The van der Waals surface area contributed by atoms with Crippen LogP contribution in [0.5, 0.6) is 0 Å². The number of benzene rings is 2. The van der Waals surface area contributed by atoms with Gasteiger partial charge in [0.15, 0.2) is 5.13 Å². The molecule has 24 heavy (non-hydrogen) atoms. The number of carbonyl (C=O) groups is 1. The second-order valence-corrected chi connectivity index (χ2v) is 5.63. The van der Waals surface area contributed by atoms with E-state index in [1.807, 2.05) is 0 Å². The van der Waals surface area contributed by atoms with Crippen molar-refractivity contribution in [2.75, 3.05) is 5.32 Å². The Hall–Kier alpha value is -3.13. The molecule has 0 spiro atoms. The maximum Gasteiger partial charge on any atom is 0.269 e. The van der Waals surface area contributed by atoms with Gasteiger partial charge in [-0.3, -0.25) is 20.2 Å². The highest BCUT2D eigenvalue weighted by Crippen LogP contribution is 2.27. The van der Waals surface area contributed by atoms with Crippen molar-refractivity contribution >= 4 is 28.1 Å². The van der Waals surface area contributed by atoms with E-state index in [-0.39, 0.29) is 11.3 Å². The monoisotopic (exact) mass is 343 g/mol. The Balaban J connectivity index is 1.76. The van der Waals surface area contributed by atoms with Crippen LogP contribution >= 0.6 is 11.3 Å². The van der Waals surface area contributed by atoms with E-state index in [1.165, 1.54) is 41.7 Å². The molecule has 0 fully saturated rings. The van der Waals surface area contributed by atoms with Crippen LogP contribution < -0.4 is 5.32 Å². The van der Waals surface area contributed by atoms with Crippen molar-refractivity contribution in [1.82, 2.24) is 4.98 Å². The number of nitrogens with one attached hydrogen (secondary N) is 1. The maximum atomic E-state index is 13.7. The molecule has 1 N–H and O–H groups in total. The molecule has 0 saturated carbocycles. The number of thiazole rings is 1. The Morgan fingerprint density at radius 2 is 1.88 bits per heavy atom. The number of hydrogen-bond donors (Lipinski definition) is 1.